The van der Waals surface area contributed by atoms with Gasteiger partial charge in [0, 0.05) is 50.9 Å². The number of likely N-dealkylation sites (tertiary alicyclic amines) is 1. The van der Waals surface area contributed by atoms with Crippen molar-refractivity contribution in [2.75, 3.05) is 59.6 Å². The number of methoxy groups -OCH3 is 1. The molecule has 0 amide bonds. The van der Waals surface area contributed by atoms with Gasteiger partial charge in [-0.25, -0.2) is 4.99 Å². The molecule has 2 aliphatic rings. The number of hydrogen-bond donors (Lipinski definition) is 1. The van der Waals surface area contributed by atoms with Crippen LogP contribution in [0.1, 0.15) is 18.9 Å². The number of alkyl halides is 2. The second kappa shape index (κ2) is 11.3. The molecule has 2 heterocycles. The molecule has 0 bridgehead atoms. The highest BCUT2D eigenvalue weighted by molar-refractivity contribution is 5.80. The Bertz CT molecular complexity index is 699. The zero-order chi connectivity index (χ0) is 21.3. The minimum Gasteiger partial charge on any atom is -0.497 e. The van der Waals surface area contributed by atoms with Gasteiger partial charge < -0.3 is 24.4 Å². The first-order valence-electron chi connectivity index (χ1n) is 10.5. The number of ether oxygens (including phenoxy) is 3. The van der Waals surface area contributed by atoms with Gasteiger partial charge in [0.25, 0.3) is 0 Å². The zero-order valence-electron chi connectivity index (χ0n) is 17.8. The highest BCUT2D eigenvalue weighted by atomic mass is 19.3. The maximum atomic E-state index is 12.8. The van der Waals surface area contributed by atoms with E-state index in [0.717, 1.165) is 64.9 Å². The zero-order valence-corrected chi connectivity index (χ0v) is 17.8. The molecule has 1 aromatic carbocycles. The fraction of sp³-hybridized carbons (Fsp3) is 0.667. The summed E-state index contributed by atoms with van der Waals surface area (Å²) in [6, 6.07) is 4.91. The van der Waals surface area contributed by atoms with Crippen LogP contribution in [-0.2, 0) is 11.3 Å². The van der Waals surface area contributed by atoms with Crippen LogP contribution in [0.2, 0.25) is 0 Å². The molecule has 0 radical (unpaired) electrons. The van der Waals surface area contributed by atoms with Crippen LogP contribution in [0.25, 0.3) is 0 Å². The molecule has 0 aliphatic carbocycles. The van der Waals surface area contributed by atoms with E-state index >= 15 is 0 Å². The number of rotatable bonds is 8. The number of nitrogens with zero attached hydrogens (tertiary/aromatic N) is 3. The predicted octanol–water partition coefficient (Wildman–Crippen LogP) is 2.42. The molecule has 1 N–H and O–H groups in total. The van der Waals surface area contributed by atoms with Gasteiger partial charge >= 0.3 is 6.61 Å². The fourth-order valence-electron chi connectivity index (χ4n) is 3.91. The van der Waals surface area contributed by atoms with Gasteiger partial charge in [-0.3, -0.25) is 4.90 Å². The van der Waals surface area contributed by atoms with Crippen molar-refractivity contribution in [3.8, 4) is 11.5 Å². The SMILES string of the molecule is CCNC(=NCc1ccc(OC)cc1OC(F)F)N1CCC(CN2CCOCC2)C1. The summed E-state index contributed by atoms with van der Waals surface area (Å²) >= 11 is 0. The Labute approximate surface area is 177 Å². The predicted molar refractivity (Wildman–Crippen MR) is 111 cm³/mol. The van der Waals surface area contributed by atoms with Gasteiger partial charge in [-0.15, -0.1) is 0 Å². The quantitative estimate of drug-likeness (QED) is 0.509. The first-order valence-corrected chi connectivity index (χ1v) is 10.5. The van der Waals surface area contributed by atoms with Crippen molar-refractivity contribution in [1.82, 2.24) is 15.1 Å². The lowest BCUT2D eigenvalue weighted by molar-refractivity contribution is -0.0505. The van der Waals surface area contributed by atoms with Crippen LogP contribution >= 0.6 is 0 Å². The number of morpholine rings is 1. The van der Waals surface area contributed by atoms with E-state index < -0.39 is 6.61 Å². The highest BCUT2D eigenvalue weighted by Crippen LogP contribution is 2.27. The van der Waals surface area contributed by atoms with Crippen LogP contribution in [0.4, 0.5) is 8.78 Å². The lowest BCUT2D eigenvalue weighted by Gasteiger charge is -2.29. The third-order valence-corrected chi connectivity index (χ3v) is 5.43. The van der Waals surface area contributed by atoms with E-state index in [2.05, 4.69) is 19.9 Å². The molecule has 3 rings (SSSR count). The largest absolute Gasteiger partial charge is 0.497 e. The molecule has 1 aromatic rings. The highest BCUT2D eigenvalue weighted by Gasteiger charge is 2.27. The third kappa shape index (κ3) is 6.43. The van der Waals surface area contributed by atoms with E-state index in [1.54, 1.807) is 12.1 Å². The average Bonchev–Trinajstić information content (AvgIpc) is 3.20. The molecule has 0 aromatic heterocycles. The standard InChI is InChI=1S/C21H32F2N4O3/c1-3-24-21(27-7-6-16(15-27)14-26-8-10-29-11-9-26)25-13-17-4-5-18(28-2)12-19(17)30-20(22)23/h4-5,12,16,20H,3,6-11,13-15H2,1-2H3,(H,24,25). The topological polar surface area (TPSA) is 58.6 Å². The van der Waals surface area contributed by atoms with Crippen LogP contribution in [0.3, 0.4) is 0 Å². The van der Waals surface area contributed by atoms with Crippen molar-refractivity contribution in [1.29, 1.82) is 0 Å². The van der Waals surface area contributed by atoms with Gasteiger partial charge in [-0.05, 0) is 31.4 Å². The number of hydrogen-bond acceptors (Lipinski definition) is 5. The lowest BCUT2D eigenvalue weighted by Crippen LogP contribution is -2.42. The number of halogens is 2. The molecule has 30 heavy (non-hydrogen) atoms. The van der Waals surface area contributed by atoms with Crippen LogP contribution in [-0.4, -0.2) is 82.0 Å². The number of aliphatic imine (C=N–C) groups is 1. The lowest BCUT2D eigenvalue weighted by atomic mass is 10.1. The van der Waals surface area contributed by atoms with Gasteiger partial charge in [0.2, 0.25) is 0 Å². The summed E-state index contributed by atoms with van der Waals surface area (Å²) < 4.78 is 40.8. The molecule has 1 unspecified atom stereocenters. The van der Waals surface area contributed by atoms with Crippen LogP contribution < -0.4 is 14.8 Å². The van der Waals surface area contributed by atoms with E-state index in [1.807, 2.05) is 6.92 Å². The molecule has 2 saturated heterocycles. The minimum atomic E-state index is -2.90. The summed E-state index contributed by atoms with van der Waals surface area (Å²) in [6.45, 7) is 6.68. The maximum absolute atomic E-state index is 12.8. The second-order valence-corrected chi connectivity index (χ2v) is 7.54. The molecule has 168 valence electrons. The van der Waals surface area contributed by atoms with Crippen LogP contribution in [0.5, 0.6) is 11.5 Å². The average molecular weight is 427 g/mol. The van der Waals surface area contributed by atoms with E-state index in [0.29, 0.717) is 17.2 Å². The van der Waals surface area contributed by atoms with Crippen molar-refractivity contribution in [2.45, 2.75) is 26.5 Å². The summed E-state index contributed by atoms with van der Waals surface area (Å²) in [7, 11) is 1.49. The van der Waals surface area contributed by atoms with Gasteiger partial charge in [0.1, 0.15) is 11.5 Å². The van der Waals surface area contributed by atoms with Crippen molar-refractivity contribution in [2.24, 2.45) is 10.9 Å². The van der Waals surface area contributed by atoms with Gasteiger partial charge in [-0.1, -0.05) is 0 Å². The fourth-order valence-corrected chi connectivity index (χ4v) is 3.91. The molecule has 9 heteroatoms. The molecule has 0 spiro atoms. The Hall–Kier alpha value is -2.13. The van der Waals surface area contributed by atoms with Crippen molar-refractivity contribution in [3.05, 3.63) is 23.8 Å². The van der Waals surface area contributed by atoms with Gasteiger partial charge in [-0.2, -0.15) is 8.78 Å². The molecule has 2 fully saturated rings. The molecular weight excluding hydrogens is 394 g/mol. The first-order chi connectivity index (χ1) is 14.6. The Morgan fingerprint density at radius 3 is 2.80 bits per heavy atom. The Morgan fingerprint density at radius 2 is 2.10 bits per heavy atom. The van der Waals surface area contributed by atoms with Crippen molar-refractivity contribution in [3.63, 3.8) is 0 Å². The molecule has 1 atom stereocenters. The second-order valence-electron chi connectivity index (χ2n) is 7.54. The van der Waals surface area contributed by atoms with E-state index in [9.17, 15) is 8.78 Å². The Kier molecular flexibility index (Phi) is 8.50. The summed E-state index contributed by atoms with van der Waals surface area (Å²) in [5.41, 5.74) is 0.593. The Balaban J connectivity index is 1.64. The van der Waals surface area contributed by atoms with E-state index in [-0.39, 0.29) is 12.3 Å². The van der Waals surface area contributed by atoms with Crippen LogP contribution in [0.15, 0.2) is 23.2 Å². The normalized spacial score (nSPS) is 20.6. The van der Waals surface area contributed by atoms with E-state index in [1.165, 1.54) is 13.2 Å². The monoisotopic (exact) mass is 426 g/mol. The minimum absolute atomic E-state index is 0.0931. The molecule has 0 saturated carbocycles. The molecule has 7 nitrogen and oxygen atoms in total. The van der Waals surface area contributed by atoms with Gasteiger partial charge in [0.05, 0.1) is 26.9 Å². The van der Waals surface area contributed by atoms with Crippen molar-refractivity contribution < 1.29 is 23.0 Å². The summed E-state index contributed by atoms with van der Waals surface area (Å²) in [5.74, 6) is 1.96. The smallest absolute Gasteiger partial charge is 0.387 e. The summed E-state index contributed by atoms with van der Waals surface area (Å²) in [6.07, 6.45) is 1.12. The van der Waals surface area contributed by atoms with Crippen LogP contribution in [0, 0.1) is 5.92 Å². The molecular formula is C21H32F2N4O3. The molecule has 2 aliphatic heterocycles. The Morgan fingerprint density at radius 1 is 1.30 bits per heavy atom. The summed E-state index contributed by atoms with van der Waals surface area (Å²) in [4.78, 5) is 9.42. The van der Waals surface area contributed by atoms with E-state index in [4.69, 9.17) is 14.5 Å². The first kappa shape index (κ1) is 22.6. The maximum Gasteiger partial charge on any atom is 0.387 e. The summed E-state index contributed by atoms with van der Waals surface area (Å²) in [5, 5.41) is 3.33. The number of nitrogens with one attached hydrogen (secondary N) is 1. The van der Waals surface area contributed by atoms with Gasteiger partial charge in [0.15, 0.2) is 5.96 Å². The van der Waals surface area contributed by atoms with Crippen molar-refractivity contribution >= 4 is 5.96 Å². The third-order valence-electron chi connectivity index (χ3n) is 5.43. The number of benzene rings is 1. The number of guanidine groups is 1.